The van der Waals surface area contributed by atoms with Crippen LogP contribution in [0.4, 0.5) is 5.69 Å². The fourth-order valence-corrected chi connectivity index (χ4v) is 2.33. The molecule has 0 saturated carbocycles. The van der Waals surface area contributed by atoms with Crippen molar-refractivity contribution in [3.05, 3.63) is 64.7 Å². The van der Waals surface area contributed by atoms with Crippen LogP contribution >= 0.6 is 12.2 Å². The second kappa shape index (κ2) is 6.50. The number of nitrogens with one attached hydrogen (secondary N) is 1. The van der Waals surface area contributed by atoms with Crippen molar-refractivity contribution in [2.24, 2.45) is 5.73 Å². The molecule has 0 spiro atoms. The average Bonchev–Trinajstić information content (AvgIpc) is 2.49. The van der Waals surface area contributed by atoms with Gasteiger partial charge in [-0.2, -0.15) is 0 Å². The summed E-state index contributed by atoms with van der Waals surface area (Å²) in [5.41, 5.74) is 9.89. The molecule has 1 amide bonds. The van der Waals surface area contributed by atoms with Gasteiger partial charge in [0.15, 0.2) is 0 Å². The first-order chi connectivity index (χ1) is 10.0. The third-order valence-corrected chi connectivity index (χ3v) is 3.62. The van der Waals surface area contributed by atoms with Crippen molar-refractivity contribution in [2.45, 2.75) is 20.3 Å². The van der Waals surface area contributed by atoms with Gasteiger partial charge in [-0.1, -0.05) is 49.5 Å². The molecule has 0 bridgehead atoms. The fourth-order valence-electron chi connectivity index (χ4n) is 2.20. The monoisotopic (exact) mass is 298 g/mol. The summed E-state index contributed by atoms with van der Waals surface area (Å²) in [6, 6.07) is 13.0. The lowest BCUT2D eigenvalue weighted by molar-refractivity contribution is 0.102. The molecule has 0 radical (unpaired) electrons. The van der Waals surface area contributed by atoms with Gasteiger partial charge in [-0.25, -0.2) is 0 Å². The lowest BCUT2D eigenvalue weighted by atomic mass is 10.0. The topological polar surface area (TPSA) is 55.1 Å². The van der Waals surface area contributed by atoms with E-state index in [0.717, 1.165) is 23.2 Å². The van der Waals surface area contributed by atoms with Crippen LogP contribution in [-0.4, -0.2) is 10.9 Å². The van der Waals surface area contributed by atoms with Crippen molar-refractivity contribution >= 4 is 28.8 Å². The van der Waals surface area contributed by atoms with E-state index in [0.29, 0.717) is 11.1 Å². The maximum atomic E-state index is 12.4. The number of thiocarbonyl (C=S) groups is 1. The van der Waals surface area contributed by atoms with E-state index in [1.54, 1.807) is 24.3 Å². The summed E-state index contributed by atoms with van der Waals surface area (Å²) >= 11 is 4.94. The first kappa shape index (κ1) is 15.2. The Hall–Kier alpha value is -2.20. The molecule has 108 valence electrons. The molecule has 0 aromatic heterocycles. The molecule has 0 saturated heterocycles. The third kappa shape index (κ3) is 3.47. The molecule has 0 aliphatic carbocycles. The molecule has 0 aliphatic heterocycles. The minimum Gasteiger partial charge on any atom is -0.389 e. The molecule has 21 heavy (non-hydrogen) atoms. The van der Waals surface area contributed by atoms with Crippen molar-refractivity contribution in [3.8, 4) is 0 Å². The number of anilines is 1. The van der Waals surface area contributed by atoms with Gasteiger partial charge in [0, 0.05) is 16.8 Å². The SMILES string of the molecule is CCc1cccc(C)c1NC(=O)c1cccc(C(N)=S)c1. The molecule has 2 rings (SSSR count). The third-order valence-electron chi connectivity index (χ3n) is 3.39. The summed E-state index contributed by atoms with van der Waals surface area (Å²) < 4.78 is 0. The van der Waals surface area contributed by atoms with E-state index in [2.05, 4.69) is 12.2 Å². The highest BCUT2D eigenvalue weighted by Gasteiger charge is 2.11. The zero-order valence-corrected chi connectivity index (χ0v) is 13.0. The zero-order chi connectivity index (χ0) is 15.4. The number of rotatable bonds is 4. The number of aryl methyl sites for hydroxylation is 2. The average molecular weight is 298 g/mol. The molecule has 0 atom stereocenters. The van der Waals surface area contributed by atoms with Crippen molar-refractivity contribution in [2.75, 3.05) is 5.32 Å². The standard InChI is InChI=1S/C17H18N2OS/c1-3-12-7-4-6-11(2)15(12)19-17(20)14-9-5-8-13(10-14)16(18)21/h4-10H,3H2,1-2H3,(H2,18,21)(H,19,20). The first-order valence-corrected chi connectivity index (χ1v) is 7.23. The maximum Gasteiger partial charge on any atom is 0.255 e. The number of para-hydroxylation sites is 1. The van der Waals surface area contributed by atoms with Crippen molar-refractivity contribution in [1.29, 1.82) is 0 Å². The van der Waals surface area contributed by atoms with Gasteiger partial charge < -0.3 is 11.1 Å². The lowest BCUT2D eigenvalue weighted by Crippen LogP contribution is -2.16. The zero-order valence-electron chi connectivity index (χ0n) is 12.1. The molecule has 0 unspecified atom stereocenters. The van der Waals surface area contributed by atoms with Gasteiger partial charge >= 0.3 is 0 Å². The van der Waals surface area contributed by atoms with Crippen LogP contribution in [0.1, 0.15) is 34.0 Å². The molecule has 0 fully saturated rings. The molecule has 2 aromatic rings. The number of nitrogens with two attached hydrogens (primary N) is 1. The van der Waals surface area contributed by atoms with Crippen LogP contribution in [0.5, 0.6) is 0 Å². The Morgan fingerprint density at radius 1 is 1.19 bits per heavy atom. The fraction of sp³-hybridized carbons (Fsp3) is 0.176. The Bertz CT molecular complexity index is 695. The van der Waals surface area contributed by atoms with Crippen LogP contribution in [-0.2, 0) is 6.42 Å². The molecule has 0 aliphatic rings. The number of benzene rings is 2. The number of hydrogen-bond donors (Lipinski definition) is 2. The molecular weight excluding hydrogens is 280 g/mol. The molecule has 3 nitrogen and oxygen atoms in total. The first-order valence-electron chi connectivity index (χ1n) is 6.82. The molecule has 3 N–H and O–H groups in total. The van der Waals surface area contributed by atoms with Gasteiger partial charge in [-0.15, -0.1) is 0 Å². The van der Waals surface area contributed by atoms with Gasteiger partial charge in [0.05, 0.1) is 0 Å². The Labute approximate surface area is 130 Å². The smallest absolute Gasteiger partial charge is 0.255 e. The van der Waals surface area contributed by atoms with Crippen LogP contribution in [0.3, 0.4) is 0 Å². The van der Waals surface area contributed by atoms with Crippen LogP contribution in [0.15, 0.2) is 42.5 Å². The van der Waals surface area contributed by atoms with Crippen LogP contribution in [0.2, 0.25) is 0 Å². The second-order valence-corrected chi connectivity index (χ2v) is 5.30. The van der Waals surface area contributed by atoms with Crippen molar-refractivity contribution in [1.82, 2.24) is 0 Å². The number of hydrogen-bond acceptors (Lipinski definition) is 2. The molecule has 4 heteroatoms. The van der Waals surface area contributed by atoms with E-state index in [1.165, 1.54) is 0 Å². The summed E-state index contributed by atoms with van der Waals surface area (Å²) in [6.07, 6.45) is 0.865. The Morgan fingerprint density at radius 2 is 1.86 bits per heavy atom. The van der Waals surface area contributed by atoms with Gasteiger partial charge in [0.25, 0.3) is 5.91 Å². The highest BCUT2D eigenvalue weighted by atomic mass is 32.1. The lowest BCUT2D eigenvalue weighted by Gasteiger charge is -2.13. The molecular formula is C17H18N2OS. The van der Waals surface area contributed by atoms with E-state index in [-0.39, 0.29) is 10.9 Å². The summed E-state index contributed by atoms with van der Waals surface area (Å²) in [6.45, 7) is 4.05. The van der Waals surface area contributed by atoms with E-state index < -0.39 is 0 Å². The number of carbonyl (C=O) groups is 1. The second-order valence-electron chi connectivity index (χ2n) is 4.86. The van der Waals surface area contributed by atoms with Crippen LogP contribution < -0.4 is 11.1 Å². The summed E-state index contributed by atoms with van der Waals surface area (Å²) in [5.74, 6) is -0.155. The Morgan fingerprint density at radius 3 is 2.52 bits per heavy atom. The molecule has 0 heterocycles. The Balaban J connectivity index is 2.30. The van der Waals surface area contributed by atoms with E-state index in [9.17, 15) is 4.79 Å². The normalized spacial score (nSPS) is 10.2. The highest BCUT2D eigenvalue weighted by molar-refractivity contribution is 7.80. The summed E-state index contributed by atoms with van der Waals surface area (Å²) in [5, 5.41) is 2.99. The minimum absolute atomic E-state index is 0.155. The predicted octanol–water partition coefficient (Wildman–Crippen LogP) is 3.44. The number of carbonyl (C=O) groups excluding carboxylic acids is 1. The van der Waals surface area contributed by atoms with Crippen molar-refractivity contribution in [3.63, 3.8) is 0 Å². The van der Waals surface area contributed by atoms with Crippen LogP contribution in [0, 0.1) is 6.92 Å². The number of amides is 1. The summed E-state index contributed by atoms with van der Waals surface area (Å²) in [7, 11) is 0. The van der Waals surface area contributed by atoms with Crippen LogP contribution in [0.25, 0.3) is 0 Å². The maximum absolute atomic E-state index is 12.4. The van der Waals surface area contributed by atoms with Gasteiger partial charge in [-0.3, -0.25) is 4.79 Å². The highest BCUT2D eigenvalue weighted by Crippen LogP contribution is 2.22. The van der Waals surface area contributed by atoms with Gasteiger partial charge in [0.2, 0.25) is 0 Å². The van der Waals surface area contributed by atoms with Gasteiger partial charge in [0.1, 0.15) is 4.99 Å². The predicted molar refractivity (Wildman–Crippen MR) is 90.8 cm³/mol. The van der Waals surface area contributed by atoms with E-state index in [4.69, 9.17) is 18.0 Å². The quantitative estimate of drug-likeness (QED) is 0.850. The molecule has 2 aromatic carbocycles. The largest absolute Gasteiger partial charge is 0.389 e. The van der Waals surface area contributed by atoms with E-state index in [1.807, 2.05) is 25.1 Å². The van der Waals surface area contributed by atoms with Gasteiger partial charge in [-0.05, 0) is 36.6 Å². The Kier molecular flexibility index (Phi) is 4.70. The van der Waals surface area contributed by atoms with Crippen molar-refractivity contribution < 1.29 is 4.79 Å². The summed E-state index contributed by atoms with van der Waals surface area (Å²) in [4.78, 5) is 12.7. The minimum atomic E-state index is -0.155. The van der Waals surface area contributed by atoms with E-state index >= 15 is 0 Å².